The smallest absolute Gasteiger partial charge is 0.371 e. The summed E-state index contributed by atoms with van der Waals surface area (Å²) < 4.78 is 0. The fraction of sp³-hybridized carbons (Fsp3) is 0.860. The standard InChI is InChI=1S/2C5H10.2C4H8.C3H7NO.2C3H4O3.C3H6O.C2H7N.2C2H6.2CH5NO.4CH4O.CH4/c2*1-5-3-2-4-5;2*1-4-2-3-4;1-3(5)4-2;2*1-2(4)3(5)6;1-3(2)4;1-3-2;2*1-2;2*1-2-3;4*1-2;/h2*5H,2-4H2,1H3;2*4H,2-3H2,1H3;1-2H3,(H,4,5);2*1H3,(H,5,6);1-2H3;3H,1-2H3;2*1-2H3;2*2-3H,1H3;4*2H,1H3;1H4. The number of aliphatic carboxylic acids is 2. The Labute approximate surface area is 375 Å². The Morgan fingerprint density at radius 1 is 0.426 bits per heavy atom. The molecule has 1 amide bonds. The number of rotatable bonds is 2. The molecule has 0 radical (unpaired) electrons. The first-order valence-electron chi connectivity index (χ1n) is 20.2. The number of carboxylic acid groups (broad SMARTS) is 2. The lowest BCUT2D eigenvalue weighted by atomic mass is 9.88. The van der Waals surface area contributed by atoms with Gasteiger partial charge >= 0.3 is 11.9 Å². The second-order valence-electron chi connectivity index (χ2n) is 11.8. The molecule has 4 saturated carbocycles. The molecule has 0 aromatic heterocycles. The molecule has 0 saturated heterocycles. The minimum absolute atomic E-state index is 0. The van der Waals surface area contributed by atoms with E-state index in [0.717, 1.165) is 66.0 Å². The van der Waals surface area contributed by atoms with Crippen molar-refractivity contribution in [2.45, 2.75) is 162 Å². The van der Waals surface area contributed by atoms with Crippen molar-refractivity contribution >= 4 is 35.2 Å². The number of ketones is 3. The van der Waals surface area contributed by atoms with Crippen LogP contribution >= 0.6 is 0 Å². The largest absolute Gasteiger partial charge is 0.476 e. The third kappa shape index (κ3) is 275. The van der Waals surface area contributed by atoms with E-state index in [0.29, 0.717) is 0 Å². The molecule has 0 atom stereocenters. The molecule has 0 spiro atoms. The van der Waals surface area contributed by atoms with Crippen LogP contribution in [0.25, 0.3) is 0 Å². The molecule has 382 valence electrons. The van der Waals surface area contributed by atoms with Gasteiger partial charge in [-0.2, -0.15) is 0 Å². The van der Waals surface area contributed by atoms with E-state index in [1.165, 1.54) is 99.1 Å². The third-order valence-electron chi connectivity index (χ3n) is 5.47. The maximum atomic E-state index is 9.70. The van der Waals surface area contributed by atoms with Crippen LogP contribution in [0.15, 0.2) is 0 Å². The highest BCUT2D eigenvalue weighted by molar-refractivity contribution is 6.31. The van der Waals surface area contributed by atoms with Crippen molar-refractivity contribution in [1.29, 1.82) is 0 Å². The molecule has 61 heavy (non-hydrogen) atoms. The van der Waals surface area contributed by atoms with E-state index in [9.17, 15) is 28.8 Å². The summed E-state index contributed by atoms with van der Waals surface area (Å²) in [5, 5.41) is 63.1. The van der Waals surface area contributed by atoms with Gasteiger partial charge in [0.2, 0.25) is 17.5 Å². The zero-order valence-corrected chi connectivity index (χ0v) is 42.4. The normalized spacial score (nSPS) is 11.6. The summed E-state index contributed by atoms with van der Waals surface area (Å²) in [7, 11) is 12.2. The molecule has 18 heteroatoms. The Hall–Kier alpha value is -2.94. The van der Waals surface area contributed by atoms with Crippen LogP contribution in [0, 0.1) is 23.7 Å². The molecule has 0 aromatic rings. The quantitative estimate of drug-likeness (QED) is 0.107. The first-order valence-corrected chi connectivity index (χ1v) is 20.2. The van der Waals surface area contributed by atoms with Crippen molar-refractivity contribution in [3.63, 3.8) is 0 Å². The lowest BCUT2D eigenvalue weighted by molar-refractivity contribution is -0.148. The van der Waals surface area contributed by atoms with Crippen LogP contribution in [0.5, 0.6) is 0 Å². The number of hydrogen-bond donors (Lipinski definition) is 12. The van der Waals surface area contributed by atoms with Gasteiger partial charge in [0.15, 0.2) is 0 Å². The molecule has 4 aliphatic carbocycles. The highest BCUT2D eigenvalue weighted by atomic mass is 16.5. The van der Waals surface area contributed by atoms with Gasteiger partial charge in [-0.05, 0) is 51.6 Å². The van der Waals surface area contributed by atoms with Crippen molar-refractivity contribution in [3.05, 3.63) is 0 Å². The van der Waals surface area contributed by atoms with Gasteiger partial charge in [0, 0.05) is 70.4 Å². The number of aliphatic hydroxyl groups is 4. The van der Waals surface area contributed by atoms with Crippen LogP contribution in [0.4, 0.5) is 0 Å². The van der Waals surface area contributed by atoms with E-state index in [1.807, 2.05) is 41.8 Å². The second kappa shape index (κ2) is 106. The van der Waals surface area contributed by atoms with Crippen LogP contribution in [0.2, 0.25) is 0 Å². The summed E-state index contributed by atoms with van der Waals surface area (Å²) in [5.74, 6) is 0.0602. The van der Waals surface area contributed by atoms with E-state index in [4.69, 9.17) is 41.1 Å². The minimum atomic E-state index is -1.38. The first kappa shape index (κ1) is 97.4. The molecule has 0 unspecified atom stereocenters. The molecule has 4 aliphatic rings. The number of hydrogen-bond acceptors (Lipinski definition) is 15. The molecule has 18 nitrogen and oxygen atoms in total. The molecule has 0 bridgehead atoms. The van der Waals surface area contributed by atoms with Gasteiger partial charge in [0.1, 0.15) is 5.78 Å². The zero-order chi connectivity index (χ0) is 51.7. The average molecular weight is 903 g/mol. The number of carbonyl (C=O) groups excluding carboxylic acids is 4. The fourth-order valence-electron chi connectivity index (χ4n) is 1.56. The lowest BCUT2D eigenvalue weighted by Gasteiger charge is -2.18. The van der Waals surface area contributed by atoms with Crippen LogP contribution in [0.3, 0.4) is 0 Å². The van der Waals surface area contributed by atoms with Crippen molar-refractivity contribution in [3.8, 4) is 0 Å². The Bertz CT molecular complexity index is 687. The summed E-state index contributed by atoms with van der Waals surface area (Å²) in [5.41, 5.74) is 3.50. The van der Waals surface area contributed by atoms with E-state index >= 15 is 0 Å². The average Bonchev–Trinajstić information content (AvgIpc) is 4.16. The summed E-state index contributed by atoms with van der Waals surface area (Å²) in [4.78, 5) is 56.9. The molecule has 12 N–H and O–H groups in total. The predicted molar refractivity (Wildman–Crippen MR) is 254 cm³/mol. The molecular formula is C43H106N4O14. The monoisotopic (exact) mass is 903 g/mol. The molecule has 4 rings (SSSR count). The SMILES string of the molecule is C.CC.CC.CC(=O)C(=O)O.CC(=O)C(=O)O.CC(C)=O.CC1CC1.CC1CC1.CC1CCC1.CC1CCC1.CNC.CNC(C)=O.CNO.CNO.CO.CO.CO.CO. The topological polar surface area (TPSA) is 312 Å². The Balaban J connectivity index is -0.0000000325. The number of nitrogens with one attached hydrogen (secondary N) is 4. The highest BCUT2D eigenvalue weighted by Gasteiger charge is 2.13. The fourth-order valence-corrected chi connectivity index (χ4v) is 1.56. The first-order chi connectivity index (χ1) is 28.1. The van der Waals surface area contributed by atoms with Crippen LogP contribution in [-0.2, 0) is 28.8 Å². The maximum Gasteiger partial charge on any atom is 0.371 e. The lowest BCUT2D eigenvalue weighted by Crippen LogP contribution is -2.11. The number of hydroxylamine groups is 2. The summed E-state index contributed by atoms with van der Waals surface area (Å²) >= 11 is 0. The zero-order valence-electron chi connectivity index (χ0n) is 42.4. The predicted octanol–water partition coefficient (Wildman–Crippen LogP) is 6.26. The number of carboxylic acids is 2. The second-order valence-corrected chi connectivity index (χ2v) is 11.8. The van der Waals surface area contributed by atoms with Gasteiger partial charge < -0.3 is 56.5 Å². The van der Waals surface area contributed by atoms with Gasteiger partial charge in [-0.3, -0.25) is 14.4 Å². The van der Waals surface area contributed by atoms with Crippen LogP contribution in [-0.4, -0.2) is 140 Å². The number of Topliss-reactive ketones (excluding diaryl/α,β-unsaturated/α-hetero) is 3. The van der Waals surface area contributed by atoms with Crippen LogP contribution < -0.4 is 21.6 Å². The van der Waals surface area contributed by atoms with E-state index in [-0.39, 0.29) is 19.1 Å². The van der Waals surface area contributed by atoms with E-state index < -0.39 is 23.5 Å². The maximum absolute atomic E-state index is 9.70. The van der Waals surface area contributed by atoms with Gasteiger partial charge in [-0.1, -0.05) is 127 Å². The summed E-state index contributed by atoms with van der Waals surface area (Å²) in [6.45, 7) is 23.7. The Morgan fingerprint density at radius 3 is 0.508 bits per heavy atom. The molecule has 0 heterocycles. The Kier molecular flexibility index (Phi) is 170. The van der Waals surface area contributed by atoms with Crippen molar-refractivity contribution in [2.24, 2.45) is 23.7 Å². The van der Waals surface area contributed by atoms with Crippen molar-refractivity contribution in [1.82, 2.24) is 21.6 Å². The van der Waals surface area contributed by atoms with Crippen molar-refractivity contribution in [2.75, 3.05) is 63.7 Å². The summed E-state index contributed by atoms with van der Waals surface area (Å²) in [6.07, 6.45) is 14.9. The molecule has 4 fully saturated rings. The van der Waals surface area contributed by atoms with Crippen molar-refractivity contribution < 1.29 is 69.8 Å². The summed E-state index contributed by atoms with van der Waals surface area (Å²) in [6, 6.07) is 0. The number of amides is 1. The van der Waals surface area contributed by atoms with Gasteiger partial charge in [0.25, 0.3) is 0 Å². The number of carbonyl (C=O) groups is 6. The molecular weight excluding hydrogens is 796 g/mol. The van der Waals surface area contributed by atoms with Gasteiger partial charge in [-0.25, -0.2) is 20.5 Å². The number of aliphatic hydroxyl groups excluding tert-OH is 4. The van der Waals surface area contributed by atoms with Crippen LogP contribution in [0.1, 0.15) is 162 Å². The highest BCUT2D eigenvalue weighted by Crippen LogP contribution is 2.27. The third-order valence-corrected chi connectivity index (χ3v) is 5.47. The Morgan fingerprint density at radius 2 is 0.508 bits per heavy atom. The van der Waals surface area contributed by atoms with Gasteiger partial charge in [0.05, 0.1) is 0 Å². The van der Waals surface area contributed by atoms with Gasteiger partial charge in [-0.15, -0.1) is 0 Å². The van der Waals surface area contributed by atoms with E-state index in [1.54, 1.807) is 18.0 Å². The molecule has 0 aromatic carbocycles. The minimum Gasteiger partial charge on any atom is -0.476 e. The van der Waals surface area contributed by atoms with E-state index in [2.05, 4.69) is 38.3 Å². The molecule has 0 aliphatic heterocycles.